The van der Waals surface area contributed by atoms with Crippen molar-refractivity contribution in [1.29, 1.82) is 0 Å². The summed E-state index contributed by atoms with van der Waals surface area (Å²) in [4.78, 5) is 10.2. The highest BCUT2D eigenvalue weighted by Gasteiger charge is 2.30. The van der Waals surface area contributed by atoms with E-state index < -0.39 is 21.1 Å². The van der Waals surface area contributed by atoms with Gasteiger partial charge in [-0.1, -0.05) is 0 Å². The number of sulfone groups is 1. The Balaban J connectivity index is 2.48. The number of hydrogen-bond acceptors (Lipinski definition) is 3. The lowest BCUT2D eigenvalue weighted by atomic mass is 10.1. The molecule has 1 fully saturated rings. The van der Waals surface area contributed by atoms with Crippen molar-refractivity contribution in [2.24, 2.45) is 0 Å². The number of hydrogen-bond donors (Lipinski definition) is 1. The summed E-state index contributed by atoms with van der Waals surface area (Å²) in [6.07, 6.45) is 1.56. The SMILES string of the molecule is O=C(O)CC[C@H]1CCCS1(=O)=O. The second kappa shape index (κ2) is 3.43. The van der Waals surface area contributed by atoms with Crippen LogP contribution in [0.2, 0.25) is 0 Å². The summed E-state index contributed by atoms with van der Waals surface area (Å²) in [5.41, 5.74) is 0. The highest BCUT2D eigenvalue weighted by molar-refractivity contribution is 7.92. The molecule has 1 N–H and O–H groups in total. The summed E-state index contributed by atoms with van der Waals surface area (Å²) >= 11 is 0. The first-order valence-corrected chi connectivity index (χ1v) is 5.67. The first-order chi connectivity index (χ1) is 5.52. The molecule has 0 amide bonds. The topological polar surface area (TPSA) is 71.4 Å². The largest absolute Gasteiger partial charge is 0.481 e. The first kappa shape index (κ1) is 9.51. The van der Waals surface area contributed by atoms with Gasteiger partial charge in [0, 0.05) is 6.42 Å². The first-order valence-electron chi connectivity index (χ1n) is 3.96. The molecule has 0 radical (unpaired) electrons. The van der Waals surface area contributed by atoms with Crippen LogP contribution < -0.4 is 0 Å². The highest BCUT2D eigenvalue weighted by atomic mass is 32.2. The molecule has 0 saturated carbocycles. The number of rotatable bonds is 3. The van der Waals surface area contributed by atoms with Gasteiger partial charge in [-0.3, -0.25) is 4.79 Å². The number of aliphatic carboxylic acids is 1. The van der Waals surface area contributed by atoms with Gasteiger partial charge >= 0.3 is 5.97 Å². The van der Waals surface area contributed by atoms with Crippen molar-refractivity contribution < 1.29 is 18.3 Å². The minimum absolute atomic E-state index is 0.0378. The molecule has 0 bridgehead atoms. The smallest absolute Gasteiger partial charge is 0.303 e. The zero-order valence-corrected chi connectivity index (χ0v) is 7.51. The maximum atomic E-state index is 11.2. The van der Waals surface area contributed by atoms with Crippen LogP contribution in [0.3, 0.4) is 0 Å². The Morgan fingerprint density at radius 3 is 2.58 bits per heavy atom. The Morgan fingerprint density at radius 2 is 2.17 bits per heavy atom. The van der Waals surface area contributed by atoms with Crippen LogP contribution >= 0.6 is 0 Å². The molecule has 0 aromatic heterocycles. The van der Waals surface area contributed by atoms with Gasteiger partial charge in [0.1, 0.15) is 0 Å². The molecule has 0 spiro atoms. The number of carboxylic acids is 1. The predicted molar refractivity (Wildman–Crippen MR) is 43.7 cm³/mol. The number of carboxylic acid groups (broad SMARTS) is 1. The van der Waals surface area contributed by atoms with E-state index in [9.17, 15) is 13.2 Å². The van der Waals surface area contributed by atoms with Crippen LogP contribution in [0, 0.1) is 0 Å². The average molecular weight is 192 g/mol. The molecule has 0 aliphatic carbocycles. The van der Waals surface area contributed by atoms with E-state index in [-0.39, 0.29) is 18.6 Å². The van der Waals surface area contributed by atoms with E-state index in [1.54, 1.807) is 0 Å². The molecule has 1 rings (SSSR count). The fourth-order valence-electron chi connectivity index (χ4n) is 1.47. The third-order valence-corrected chi connectivity index (χ3v) is 4.49. The highest BCUT2D eigenvalue weighted by Crippen LogP contribution is 2.23. The maximum Gasteiger partial charge on any atom is 0.303 e. The summed E-state index contributed by atoms with van der Waals surface area (Å²) in [6, 6.07) is 0. The Bertz CT molecular complexity index is 267. The lowest BCUT2D eigenvalue weighted by molar-refractivity contribution is -0.137. The summed E-state index contributed by atoms with van der Waals surface area (Å²) < 4.78 is 22.4. The van der Waals surface area contributed by atoms with Crippen molar-refractivity contribution in [2.75, 3.05) is 5.75 Å². The van der Waals surface area contributed by atoms with Crippen molar-refractivity contribution in [1.82, 2.24) is 0 Å². The van der Waals surface area contributed by atoms with Gasteiger partial charge in [-0.25, -0.2) is 8.42 Å². The molecular formula is C7H12O4S. The third-order valence-electron chi connectivity index (χ3n) is 2.14. The Kier molecular flexibility index (Phi) is 2.72. The molecule has 0 unspecified atom stereocenters. The van der Waals surface area contributed by atoms with Crippen molar-refractivity contribution in [2.45, 2.75) is 30.9 Å². The molecule has 1 atom stereocenters. The molecule has 4 nitrogen and oxygen atoms in total. The molecule has 70 valence electrons. The van der Waals surface area contributed by atoms with Crippen LogP contribution in [0.15, 0.2) is 0 Å². The standard InChI is InChI=1S/C7H12O4S/c8-7(9)4-3-6-2-1-5-12(6,10)11/h6H,1-5H2,(H,8,9)/t6-/m1/s1. The molecule has 1 aliphatic rings. The normalized spacial score (nSPS) is 27.2. The molecule has 0 aromatic rings. The molecular weight excluding hydrogens is 180 g/mol. The molecule has 1 saturated heterocycles. The fourth-order valence-corrected chi connectivity index (χ4v) is 3.37. The lowest BCUT2D eigenvalue weighted by Crippen LogP contribution is -2.16. The van der Waals surface area contributed by atoms with Gasteiger partial charge in [0.05, 0.1) is 11.0 Å². The fraction of sp³-hybridized carbons (Fsp3) is 0.857. The van der Waals surface area contributed by atoms with E-state index in [0.29, 0.717) is 12.8 Å². The van der Waals surface area contributed by atoms with Crippen LogP contribution in [0.25, 0.3) is 0 Å². The quantitative estimate of drug-likeness (QED) is 0.703. The Labute approximate surface area is 71.5 Å². The van der Waals surface area contributed by atoms with Crippen molar-refractivity contribution in [3.05, 3.63) is 0 Å². The monoisotopic (exact) mass is 192 g/mol. The molecule has 0 aromatic carbocycles. The van der Waals surface area contributed by atoms with Crippen LogP contribution in [0.4, 0.5) is 0 Å². The second-order valence-corrected chi connectivity index (χ2v) is 5.46. The number of carbonyl (C=O) groups is 1. The van der Waals surface area contributed by atoms with Crippen molar-refractivity contribution >= 4 is 15.8 Å². The van der Waals surface area contributed by atoms with Crippen LogP contribution in [-0.2, 0) is 14.6 Å². The van der Waals surface area contributed by atoms with E-state index in [4.69, 9.17) is 5.11 Å². The predicted octanol–water partition coefficient (Wildman–Crippen LogP) is 0.428. The molecule has 12 heavy (non-hydrogen) atoms. The summed E-state index contributed by atoms with van der Waals surface area (Å²) in [6.45, 7) is 0. The zero-order chi connectivity index (χ0) is 9.19. The zero-order valence-electron chi connectivity index (χ0n) is 6.69. The van der Waals surface area contributed by atoms with Gasteiger partial charge in [-0.05, 0) is 19.3 Å². The third kappa shape index (κ3) is 2.20. The Morgan fingerprint density at radius 1 is 1.50 bits per heavy atom. The van der Waals surface area contributed by atoms with Crippen LogP contribution in [0.5, 0.6) is 0 Å². The van der Waals surface area contributed by atoms with Gasteiger partial charge in [-0.2, -0.15) is 0 Å². The Hall–Kier alpha value is -0.580. The van der Waals surface area contributed by atoms with Crippen molar-refractivity contribution in [3.63, 3.8) is 0 Å². The molecule has 5 heteroatoms. The summed E-state index contributed by atoms with van der Waals surface area (Å²) in [5, 5.41) is 7.95. The summed E-state index contributed by atoms with van der Waals surface area (Å²) in [5.74, 6) is -0.686. The van der Waals surface area contributed by atoms with E-state index in [1.807, 2.05) is 0 Å². The van der Waals surface area contributed by atoms with E-state index in [1.165, 1.54) is 0 Å². The van der Waals surface area contributed by atoms with Crippen LogP contribution in [-0.4, -0.2) is 30.5 Å². The second-order valence-electron chi connectivity index (χ2n) is 3.06. The van der Waals surface area contributed by atoms with Crippen LogP contribution in [0.1, 0.15) is 25.7 Å². The van der Waals surface area contributed by atoms with Gasteiger partial charge in [0.25, 0.3) is 0 Å². The molecule has 1 heterocycles. The maximum absolute atomic E-state index is 11.2. The summed E-state index contributed by atoms with van der Waals surface area (Å²) in [7, 11) is -2.95. The van der Waals surface area contributed by atoms with Crippen molar-refractivity contribution in [3.8, 4) is 0 Å². The minimum Gasteiger partial charge on any atom is -0.481 e. The molecule has 1 aliphatic heterocycles. The van der Waals surface area contributed by atoms with Gasteiger partial charge in [0.2, 0.25) is 0 Å². The average Bonchev–Trinajstić information content (AvgIpc) is 2.25. The van der Waals surface area contributed by atoms with Gasteiger partial charge in [-0.15, -0.1) is 0 Å². The van der Waals surface area contributed by atoms with E-state index >= 15 is 0 Å². The van der Waals surface area contributed by atoms with E-state index in [0.717, 1.165) is 0 Å². The van der Waals surface area contributed by atoms with Gasteiger partial charge in [0.15, 0.2) is 9.84 Å². The lowest BCUT2D eigenvalue weighted by Gasteiger charge is -2.05. The minimum atomic E-state index is -2.95. The van der Waals surface area contributed by atoms with Gasteiger partial charge < -0.3 is 5.11 Å². The van der Waals surface area contributed by atoms with E-state index in [2.05, 4.69) is 0 Å².